The maximum absolute atomic E-state index is 6.16. The van der Waals surface area contributed by atoms with Crippen molar-refractivity contribution in [2.75, 3.05) is 13.6 Å². The van der Waals surface area contributed by atoms with E-state index in [4.69, 9.17) is 27.6 Å². The zero-order chi connectivity index (χ0) is 16.8. The molecule has 0 aliphatic heterocycles. The number of nitrogens with one attached hydrogen (secondary N) is 2. The first kappa shape index (κ1) is 21.1. The molecule has 0 radical (unpaired) electrons. The van der Waals surface area contributed by atoms with Crippen LogP contribution in [0.15, 0.2) is 27.6 Å². The summed E-state index contributed by atoms with van der Waals surface area (Å²) in [7, 11) is 1.71. The highest BCUT2D eigenvalue weighted by molar-refractivity contribution is 14.0. The summed E-state index contributed by atoms with van der Waals surface area (Å²) in [6.07, 6.45) is 0.705. The molecule has 1 heterocycles. The highest BCUT2D eigenvalue weighted by Crippen LogP contribution is 2.24. The summed E-state index contributed by atoms with van der Waals surface area (Å²) < 4.78 is 5.52. The van der Waals surface area contributed by atoms with Crippen molar-refractivity contribution in [2.24, 2.45) is 4.99 Å². The Morgan fingerprint density at radius 3 is 2.42 bits per heavy atom. The SMILES string of the molecule is CN=C(NCCc1c(Cl)cccc1Cl)NCc1nc(C)c(C)o1.I. The number of aromatic nitrogens is 1. The lowest BCUT2D eigenvalue weighted by molar-refractivity contribution is 0.464. The molecule has 0 aliphatic carbocycles. The summed E-state index contributed by atoms with van der Waals surface area (Å²) in [6.45, 7) is 4.95. The smallest absolute Gasteiger partial charge is 0.214 e. The maximum atomic E-state index is 6.16. The van der Waals surface area contributed by atoms with Gasteiger partial charge in [-0.05, 0) is 38.0 Å². The summed E-state index contributed by atoms with van der Waals surface area (Å²) in [5.74, 6) is 2.14. The Morgan fingerprint density at radius 1 is 1.21 bits per heavy atom. The molecule has 8 heteroatoms. The van der Waals surface area contributed by atoms with Crippen LogP contribution in [-0.2, 0) is 13.0 Å². The molecule has 0 bridgehead atoms. The highest BCUT2D eigenvalue weighted by atomic mass is 127. The third kappa shape index (κ3) is 5.82. The number of guanidine groups is 1. The lowest BCUT2D eigenvalue weighted by atomic mass is 10.1. The molecule has 0 aliphatic rings. The van der Waals surface area contributed by atoms with Gasteiger partial charge in [0.05, 0.1) is 12.2 Å². The molecule has 0 spiro atoms. The van der Waals surface area contributed by atoms with Gasteiger partial charge < -0.3 is 15.1 Å². The van der Waals surface area contributed by atoms with Crippen molar-refractivity contribution >= 4 is 53.1 Å². The minimum Gasteiger partial charge on any atom is -0.444 e. The second-order valence-electron chi connectivity index (χ2n) is 5.05. The molecule has 0 atom stereocenters. The van der Waals surface area contributed by atoms with Crippen molar-refractivity contribution in [3.63, 3.8) is 0 Å². The zero-order valence-electron chi connectivity index (χ0n) is 13.8. The number of hydrogen-bond donors (Lipinski definition) is 2. The van der Waals surface area contributed by atoms with Crippen LogP contribution >= 0.6 is 47.2 Å². The monoisotopic (exact) mass is 482 g/mol. The second kappa shape index (κ2) is 10.1. The van der Waals surface area contributed by atoms with E-state index in [0.29, 0.717) is 41.4 Å². The molecule has 2 rings (SSSR count). The van der Waals surface area contributed by atoms with Gasteiger partial charge in [0, 0.05) is 23.6 Å². The van der Waals surface area contributed by atoms with Crippen LogP contribution in [0.3, 0.4) is 0 Å². The van der Waals surface area contributed by atoms with Crippen molar-refractivity contribution in [1.29, 1.82) is 0 Å². The first-order valence-corrected chi connectivity index (χ1v) is 8.07. The Kier molecular flexibility index (Phi) is 8.86. The van der Waals surface area contributed by atoms with Crippen molar-refractivity contribution in [1.82, 2.24) is 15.6 Å². The highest BCUT2D eigenvalue weighted by Gasteiger charge is 2.08. The summed E-state index contributed by atoms with van der Waals surface area (Å²) in [5, 5.41) is 7.72. The average Bonchev–Trinajstić information content (AvgIpc) is 2.84. The number of oxazole rings is 1. The number of hydrogen-bond acceptors (Lipinski definition) is 3. The van der Waals surface area contributed by atoms with Gasteiger partial charge in [0.25, 0.3) is 0 Å². The van der Waals surface area contributed by atoms with Gasteiger partial charge in [0.2, 0.25) is 5.89 Å². The standard InChI is InChI=1S/C16H20Cl2N4O.HI/c1-10-11(2)23-15(22-10)9-21-16(19-3)20-8-7-12-13(17)5-4-6-14(12)18;/h4-6H,7-9H2,1-3H3,(H2,19,20,21);1H. The van der Waals surface area contributed by atoms with E-state index in [1.54, 1.807) is 7.05 Å². The largest absolute Gasteiger partial charge is 0.444 e. The van der Waals surface area contributed by atoms with E-state index in [1.807, 2.05) is 32.0 Å². The Balaban J connectivity index is 0.00000288. The first-order chi connectivity index (χ1) is 11.0. The Bertz CT molecular complexity index is 664. The van der Waals surface area contributed by atoms with Crippen LogP contribution in [0.4, 0.5) is 0 Å². The molecule has 1 aromatic heterocycles. The molecule has 0 fully saturated rings. The molecule has 2 aromatic rings. The third-order valence-corrected chi connectivity index (χ3v) is 4.14. The average molecular weight is 483 g/mol. The van der Waals surface area contributed by atoms with Crippen molar-refractivity contribution < 1.29 is 4.42 Å². The fraction of sp³-hybridized carbons (Fsp3) is 0.375. The number of aliphatic imine (C=N–C) groups is 1. The van der Waals surface area contributed by atoms with Crippen molar-refractivity contribution in [3.05, 3.63) is 51.2 Å². The Hall–Kier alpha value is -0.990. The molecule has 132 valence electrons. The number of rotatable bonds is 5. The topological polar surface area (TPSA) is 62.5 Å². The van der Waals surface area contributed by atoms with Crippen LogP contribution in [0.2, 0.25) is 10.0 Å². The number of halogens is 3. The molecule has 0 amide bonds. The van der Waals surface area contributed by atoms with Crippen LogP contribution in [0.1, 0.15) is 22.9 Å². The van der Waals surface area contributed by atoms with Gasteiger partial charge >= 0.3 is 0 Å². The van der Waals surface area contributed by atoms with Gasteiger partial charge in [0.1, 0.15) is 5.76 Å². The van der Waals surface area contributed by atoms with Gasteiger partial charge in [-0.25, -0.2) is 4.98 Å². The van der Waals surface area contributed by atoms with Crippen LogP contribution < -0.4 is 10.6 Å². The lowest BCUT2D eigenvalue weighted by Gasteiger charge is -2.12. The Labute approximate surface area is 169 Å². The van der Waals surface area contributed by atoms with E-state index < -0.39 is 0 Å². The minimum absolute atomic E-state index is 0. The summed E-state index contributed by atoms with van der Waals surface area (Å²) >= 11 is 12.3. The van der Waals surface area contributed by atoms with E-state index in [2.05, 4.69) is 20.6 Å². The van der Waals surface area contributed by atoms with Gasteiger partial charge in [-0.3, -0.25) is 4.99 Å². The third-order valence-electron chi connectivity index (χ3n) is 3.43. The summed E-state index contributed by atoms with van der Waals surface area (Å²) in [5.41, 5.74) is 1.83. The van der Waals surface area contributed by atoms with Crippen molar-refractivity contribution in [2.45, 2.75) is 26.8 Å². The van der Waals surface area contributed by atoms with Gasteiger partial charge in [-0.1, -0.05) is 29.3 Å². The molecule has 24 heavy (non-hydrogen) atoms. The molecule has 1 aromatic carbocycles. The van der Waals surface area contributed by atoms with E-state index in [9.17, 15) is 0 Å². The fourth-order valence-corrected chi connectivity index (χ4v) is 2.66. The lowest BCUT2D eigenvalue weighted by Crippen LogP contribution is -2.38. The molecule has 5 nitrogen and oxygen atoms in total. The summed E-state index contributed by atoms with van der Waals surface area (Å²) in [6, 6.07) is 5.51. The number of nitrogens with zero attached hydrogens (tertiary/aromatic N) is 2. The molecule has 0 saturated heterocycles. The number of aryl methyl sites for hydroxylation is 2. The first-order valence-electron chi connectivity index (χ1n) is 7.31. The van der Waals surface area contributed by atoms with Crippen LogP contribution in [0.25, 0.3) is 0 Å². The van der Waals surface area contributed by atoms with Crippen molar-refractivity contribution in [3.8, 4) is 0 Å². The van der Waals surface area contributed by atoms with Gasteiger partial charge in [0.15, 0.2) is 5.96 Å². The predicted octanol–water partition coefficient (Wildman–Crippen LogP) is 4.12. The van der Waals surface area contributed by atoms with E-state index in [0.717, 1.165) is 17.0 Å². The maximum Gasteiger partial charge on any atom is 0.214 e. The van der Waals surface area contributed by atoms with Crippen LogP contribution in [0, 0.1) is 13.8 Å². The predicted molar refractivity (Wildman–Crippen MR) is 110 cm³/mol. The number of benzene rings is 1. The van der Waals surface area contributed by atoms with Gasteiger partial charge in [-0.2, -0.15) is 0 Å². The van der Waals surface area contributed by atoms with Crippen LogP contribution in [-0.4, -0.2) is 24.5 Å². The minimum atomic E-state index is 0. The van der Waals surface area contributed by atoms with Gasteiger partial charge in [-0.15, -0.1) is 24.0 Å². The van der Waals surface area contributed by atoms with Crippen LogP contribution in [0.5, 0.6) is 0 Å². The quantitative estimate of drug-likeness (QED) is 0.382. The zero-order valence-corrected chi connectivity index (χ0v) is 17.7. The molecular weight excluding hydrogens is 462 g/mol. The Morgan fingerprint density at radius 2 is 1.88 bits per heavy atom. The molecule has 0 saturated carbocycles. The summed E-state index contributed by atoms with van der Waals surface area (Å²) in [4.78, 5) is 8.49. The fourth-order valence-electron chi connectivity index (χ4n) is 2.07. The van der Waals surface area contributed by atoms with E-state index >= 15 is 0 Å². The second-order valence-corrected chi connectivity index (χ2v) is 5.87. The van der Waals surface area contributed by atoms with E-state index in [-0.39, 0.29) is 24.0 Å². The molecule has 0 unspecified atom stereocenters. The van der Waals surface area contributed by atoms with E-state index in [1.165, 1.54) is 0 Å². The molecule has 2 N–H and O–H groups in total. The molecular formula is C16H21Cl2IN4O. The normalized spacial score (nSPS) is 11.1.